The van der Waals surface area contributed by atoms with Gasteiger partial charge in [-0.15, -0.1) is 0 Å². The molecule has 2 aromatic carbocycles. The largest absolute Gasteiger partial charge is 0.342 e. The Morgan fingerprint density at radius 3 is 1.72 bits per heavy atom. The van der Waals surface area contributed by atoms with Crippen LogP contribution in [0, 0.1) is 13.8 Å². The van der Waals surface area contributed by atoms with E-state index in [4.69, 9.17) is 12.2 Å². The minimum atomic E-state index is -0.229. The number of benzene rings is 2. The predicted molar refractivity (Wildman–Crippen MR) is 105 cm³/mol. The maximum absolute atomic E-state index is 5.31. The summed E-state index contributed by atoms with van der Waals surface area (Å²) >= 11 is 5.31. The van der Waals surface area contributed by atoms with Crippen LogP contribution in [0.25, 0.3) is 0 Å². The van der Waals surface area contributed by atoms with Gasteiger partial charge in [0.05, 0.1) is 0 Å². The molecule has 2 atom stereocenters. The third-order valence-electron chi connectivity index (χ3n) is 5.24. The summed E-state index contributed by atoms with van der Waals surface area (Å²) in [6.07, 6.45) is 1.84. The molecular formula is C20H24N4S. The van der Waals surface area contributed by atoms with Gasteiger partial charge in [0.25, 0.3) is 0 Å². The predicted octanol–water partition coefficient (Wildman–Crippen LogP) is 3.15. The van der Waals surface area contributed by atoms with Crippen LogP contribution in [-0.4, -0.2) is 10.8 Å². The van der Waals surface area contributed by atoms with E-state index >= 15 is 0 Å². The number of hydrogen-bond acceptors (Lipinski definition) is 3. The average Bonchev–Trinajstić information content (AvgIpc) is 2.95. The summed E-state index contributed by atoms with van der Waals surface area (Å²) < 4.78 is 0. The van der Waals surface area contributed by atoms with Crippen LogP contribution in [0.2, 0.25) is 0 Å². The van der Waals surface area contributed by atoms with E-state index in [0.717, 1.165) is 12.8 Å². The molecule has 2 heterocycles. The van der Waals surface area contributed by atoms with Crippen molar-refractivity contribution in [2.45, 2.75) is 44.4 Å². The van der Waals surface area contributed by atoms with Crippen molar-refractivity contribution >= 4 is 17.3 Å². The zero-order valence-corrected chi connectivity index (χ0v) is 15.4. The minimum Gasteiger partial charge on any atom is -0.342 e. The van der Waals surface area contributed by atoms with Gasteiger partial charge >= 0.3 is 0 Å². The Bertz CT molecular complexity index is 716. The molecule has 2 unspecified atom stereocenters. The van der Waals surface area contributed by atoms with Gasteiger partial charge in [0.15, 0.2) is 5.11 Å². The van der Waals surface area contributed by atoms with Gasteiger partial charge in [-0.2, -0.15) is 0 Å². The van der Waals surface area contributed by atoms with Crippen LogP contribution in [0.1, 0.15) is 47.2 Å². The van der Waals surface area contributed by atoms with Gasteiger partial charge in [0.1, 0.15) is 5.66 Å². The van der Waals surface area contributed by atoms with E-state index in [1.54, 1.807) is 0 Å². The molecule has 2 aromatic rings. The highest BCUT2D eigenvalue weighted by molar-refractivity contribution is 7.80. The minimum absolute atomic E-state index is 0.229. The Balaban J connectivity index is 1.66. The molecule has 1 spiro atoms. The first-order chi connectivity index (χ1) is 12.0. The van der Waals surface area contributed by atoms with E-state index in [-0.39, 0.29) is 17.7 Å². The molecule has 0 aromatic heterocycles. The second-order valence-electron chi connectivity index (χ2n) is 7.29. The number of thiocarbonyl (C=S) groups is 1. The fourth-order valence-corrected chi connectivity index (χ4v) is 4.07. The van der Waals surface area contributed by atoms with Gasteiger partial charge in [-0.05, 0) is 37.2 Å². The molecule has 2 saturated heterocycles. The number of hydrogen-bond donors (Lipinski definition) is 4. The molecule has 2 fully saturated rings. The van der Waals surface area contributed by atoms with Crippen molar-refractivity contribution in [3.05, 3.63) is 70.8 Å². The smallest absolute Gasteiger partial charge is 0.182 e. The third kappa shape index (κ3) is 3.40. The molecule has 25 heavy (non-hydrogen) atoms. The van der Waals surface area contributed by atoms with Crippen molar-refractivity contribution in [1.29, 1.82) is 0 Å². The molecule has 130 valence electrons. The Hall–Kier alpha value is -1.95. The molecule has 0 amide bonds. The van der Waals surface area contributed by atoms with Crippen LogP contribution in [-0.2, 0) is 0 Å². The van der Waals surface area contributed by atoms with Crippen LogP contribution in [0.15, 0.2) is 48.5 Å². The summed E-state index contributed by atoms with van der Waals surface area (Å²) in [5.74, 6) is 0. The van der Waals surface area contributed by atoms with Gasteiger partial charge in [-0.1, -0.05) is 59.7 Å². The van der Waals surface area contributed by atoms with Crippen LogP contribution in [0.3, 0.4) is 0 Å². The van der Waals surface area contributed by atoms with Gasteiger partial charge in [0.2, 0.25) is 0 Å². The molecule has 2 aliphatic rings. The molecule has 0 aliphatic carbocycles. The third-order valence-corrected chi connectivity index (χ3v) is 5.44. The molecule has 4 nitrogen and oxygen atoms in total. The number of nitrogens with one attached hydrogen (secondary N) is 4. The van der Waals surface area contributed by atoms with Gasteiger partial charge in [0, 0.05) is 24.9 Å². The fraction of sp³-hybridized carbons (Fsp3) is 0.350. The standard InChI is InChI=1S/C20H24N4S/c1-13-3-7-15(8-4-13)17-11-20(22-19(25)23-24-20)12-18(21-17)16-9-5-14(2)6-10-16/h3-10,17-18,21,24H,11-12H2,1-2H3,(H2,22,23,25). The van der Waals surface area contributed by atoms with Crippen LogP contribution < -0.4 is 21.5 Å². The first kappa shape index (κ1) is 16.5. The summed E-state index contributed by atoms with van der Waals surface area (Å²) in [6.45, 7) is 4.24. The number of aryl methyl sites for hydroxylation is 2. The van der Waals surface area contributed by atoms with Crippen molar-refractivity contribution in [3.8, 4) is 0 Å². The molecule has 4 N–H and O–H groups in total. The number of hydrazine groups is 1. The van der Waals surface area contributed by atoms with E-state index in [1.807, 2.05) is 0 Å². The molecule has 2 aliphatic heterocycles. The zero-order chi connectivity index (χ0) is 17.4. The van der Waals surface area contributed by atoms with Crippen molar-refractivity contribution in [2.24, 2.45) is 0 Å². The van der Waals surface area contributed by atoms with Crippen molar-refractivity contribution in [2.75, 3.05) is 0 Å². The van der Waals surface area contributed by atoms with Crippen LogP contribution >= 0.6 is 12.2 Å². The Morgan fingerprint density at radius 1 is 0.840 bits per heavy atom. The van der Waals surface area contributed by atoms with Gasteiger partial charge in [-0.3, -0.25) is 5.43 Å². The second kappa shape index (κ2) is 6.41. The Labute approximate surface area is 154 Å². The lowest BCUT2D eigenvalue weighted by atomic mass is 9.82. The monoisotopic (exact) mass is 352 g/mol. The van der Waals surface area contributed by atoms with Crippen molar-refractivity contribution in [1.82, 2.24) is 21.5 Å². The zero-order valence-electron chi connectivity index (χ0n) is 14.6. The second-order valence-corrected chi connectivity index (χ2v) is 7.70. The van der Waals surface area contributed by atoms with Gasteiger partial charge < -0.3 is 10.6 Å². The van der Waals surface area contributed by atoms with E-state index < -0.39 is 0 Å². The molecule has 0 bridgehead atoms. The van der Waals surface area contributed by atoms with Crippen molar-refractivity contribution < 1.29 is 0 Å². The Morgan fingerprint density at radius 2 is 1.32 bits per heavy atom. The van der Waals surface area contributed by atoms with E-state index in [0.29, 0.717) is 5.11 Å². The molecule has 5 heteroatoms. The first-order valence-electron chi connectivity index (χ1n) is 8.78. The molecule has 0 saturated carbocycles. The lowest BCUT2D eigenvalue weighted by Crippen LogP contribution is -2.58. The molecule has 0 radical (unpaired) electrons. The number of piperidine rings is 1. The van der Waals surface area contributed by atoms with Crippen LogP contribution in [0.5, 0.6) is 0 Å². The maximum atomic E-state index is 5.31. The summed E-state index contributed by atoms with van der Waals surface area (Å²) in [4.78, 5) is 0. The summed E-state index contributed by atoms with van der Waals surface area (Å²) in [5, 5.41) is 7.97. The van der Waals surface area contributed by atoms with Gasteiger partial charge in [-0.25, -0.2) is 5.43 Å². The van der Waals surface area contributed by atoms with E-state index in [9.17, 15) is 0 Å². The van der Waals surface area contributed by atoms with E-state index in [1.165, 1.54) is 22.3 Å². The highest BCUT2D eigenvalue weighted by atomic mass is 32.1. The molecule has 4 rings (SSSR count). The SMILES string of the molecule is Cc1ccc(C2CC3(CC(c4ccc(C)cc4)N2)NNC(=S)N3)cc1. The highest BCUT2D eigenvalue weighted by Gasteiger charge is 2.44. The lowest BCUT2D eigenvalue weighted by molar-refractivity contribution is 0.161. The van der Waals surface area contributed by atoms with E-state index in [2.05, 4.69) is 83.9 Å². The maximum Gasteiger partial charge on any atom is 0.182 e. The average molecular weight is 353 g/mol. The normalized spacial score (nSPS) is 28.6. The van der Waals surface area contributed by atoms with Crippen LogP contribution in [0.4, 0.5) is 0 Å². The fourth-order valence-electron chi connectivity index (χ4n) is 3.83. The summed E-state index contributed by atoms with van der Waals surface area (Å²) in [5.41, 5.74) is 11.4. The lowest BCUT2D eigenvalue weighted by Gasteiger charge is -2.43. The van der Waals surface area contributed by atoms with Crippen molar-refractivity contribution in [3.63, 3.8) is 0 Å². The Kier molecular flexibility index (Phi) is 4.23. The molecular weight excluding hydrogens is 328 g/mol. The first-order valence-corrected chi connectivity index (χ1v) is 9.18. The quantitative estimate of drug-likeness (QED) is 0.626. The summed E-state index contributed by atoms with van der Waals surface area (Å²) in [7, 11) is 0. The highest BCUT2D eigenvalue weighted by Crippen LogP contribution is 2.38. The number of rotatable bonds is 2. The summed E-state index contributed by atoms with van der Waals surface area (Å²) in [6, 6.07) is 18.1. The topological polar surface area (TPSA) is 48.1 Å².